The smallest absolute Gasteiger partial charge is 0.369 e. The number of hydrogen-bond donors (Lipinski definition) is 1. The molecule has 1 saturated heterocycles. The second kappa shape index (κ2) is 10.2. The van der Waals surface area contributed by atoms with Crippen LogP contribution in [-0.4, -0.2) is 65.1 Å². The summed E-state index contributed by atoms with van der Waals surface area (Å²) in [5.74, 6) is -1.55. The highest BCUT2D eigenvalue weighted by Crippen LogP contribution is 2.32. The summed E-state index contributed by atoms with van der Waals surface area (Å²) in [5.41, 5.74) is -0.972. The number of anilines is 1. The summed E-state index contributed by atoms with van der Waals surface area (Å²) in [6, 6.07) is 14.4. The number of rotatable bonds is 7. The number of nitrogens with one attached hydrogen (secondary N) is 1. The standard InChI is InChI=1S/C23H24F4N6O/c24-17-7-9-19(10-8-17)33-21(23(25,26)27)20(29-30-33)22(34)28-11-4-12-31-13-15-32(16-14-31)18-5-2-1-3-6-18/h1-3,5-10H,4,11-16H2,(H,28,34). The van der Waals surface area contributed by atoms with E-state index in [4.69, 9.17) is 0 Å². The van der Waals surface area contributed by atoms with Crippen LogP contribution in [0.1, 0.15) is 22.6 Å². The Morgan fingerprint density at radius 3 is 2.26 bits per heavy atom. The van der Waals surface area contributed by atoms with Crippen molar-refractivity contribution in [3.63, 3.8) is 0 Å². The van der Waals surface area contributed by atoms with E-state index in [1.54, 1.807) is 0 Å². The number of amides is 1. The molecule has 4 rings (SSSR count). The lowest BCUT2D eigenvalue weighted by atomic mass is 10.2. The van der Waals surface area contributed by atoms with Gasteiger partial charge >= 0.3 is 6.18 Å². The van der Waals surface area contributed by atoms with Crippen LogP contribution in [0.5, 0.6) is 0 Å². The highest BCUT2D eigenvalue weighted by molar-refractivity contribution is 5.93. The fourth-order valence-electron chi connectivity index (χ4n) is 3.91. The number of alkyl halides is 3. The second-order valence-corrected chi connectivity index (χ2v) is 7.95. The number of nitrogens with zero attached hydrogens (tertiary/aromatic N) is 5. The Balaban J connectivity index is 1.30. The molecule has 1 fully saturated rings. The third-order valence-corrected chi connectivity index (χ3v) is 5.66. The predicted octanol–water partition coefficient (Wildman–Crippen LogP) is 3.37. The number of hydrogen-bond acceptors (Lipinski definition) is 5. The van der Waals surface area contributed by atoms with Crippen LogP contribution in [0.4, 0.5) is 23.2 Å². The van der Waals surface area contributed by atoms with E-state index in [2.05, 4.69) is 37.6 Å². The molecule has 34 heavy (non-hydrogen) atoms. The zero-order chi connectivity index (χ0) is 24.1. The molecule has 0 spiro atoms. The van der Waals surface area contributed by atoms with Gasteiger partial charge in [0.2, 0.25) is 0 Å². The first-order chi connectivity index (χ1) is 16.3. The van der Waals surface area contributed by atoms with Crippen molar-refractivity contribution >= 4 is 11.6 Å². The van der Waals surface area contributed by atoms with Crippen LogP contribution < -0.4 is 10.2 Å². The fraction of sp³-hybridized carbons (Fsp3) is 0.348. The van der Waals surface area contributed by atoms with E-state index in [1.165, 1.54) is 5.69 Å². The molecule has 7 nitrogen and oxygen atoms in total. The molecule has 2 aromatic carbocycles. The van der Waals surface area contributed by atoms with Gasteiger partial charge in [0.1, 0.15) is 5.82 Å². The summed E-state index contributed by atoms with van der Waals surface area (Å²) in [6.45, 7) is 4.44. The van der Waals surface area contributed by atoms with Crippen LogP contribution in [0.3, 0.4) is 0 Å². The molecule has 2 heterocycles. The van der Waals surface area contributed by atoms with Crippen LogP contribution in [-0.2, 0) is 6.18 Å². The zero-order valence-electron chi connectivity index (χ0n) is 18.3. The van der Waals surface area contributed by atoms with E-state index in [-0.39, 0.29) is 12.2 Å². The van der Waals surface area contributed by atoms with Crippen LogP contribution in [0.15, 0.2) is 54.6 Å². The van der Waals surface area contributed by atoms with Crippen molar-refractivity contribution in [3.05, 3.63) is 71.8 Å². The van der Waals surface area contributed by atoms with Gasteiger partial charge in [0.05, 0.1) is 5.69 Å². The van der Waals surface area contributed by atoms with Gasteiger partial charge in [-0.15, -0.1) is 5.10 Å². The third-order valence-electron chi connectivity index (χ3n) is 5.66. The maximum Gasteiger partial charge on any atom is 0.435 e. The van der Waals surface area contributed by atoms with Crippen molar-refractivity contribution in [1.29, 1.82) is 0 Å². The van der Waals surface area contributed by atoms with Gasteiger partial charge in [-0.2, -0.15) is 13.2 Å². The van der Waals surface area contributed by atoms with Crippen molar-refractivity contribution in [2.24, 2.45) is 0 Å². The molecule has 0 aliphatic carbocycles. The molecule has 0 radical (unpaired) electrons. The Morgan fingerprint density at radius 1 is 0.941 bits per heavy atom. The Kier molecular flexibility index (Phi) is 7.11. The molecule has 1 aliphatic rings. The molecular formula is C23H24F4N6O. The topological polar surface area (TPSA) is 66.3 Å². The predicted molar refractivity (Wildman–Crippen MR) is 118 cm³/mol. The summed E-state index contributed by atoms with van der Waals surface area (Å²) in [7, 11) is 0. The van der Waals surface area contributed by atoms with Crippen molar-refractivity contribution < 1.29 is 22.4 Å². The molecule has 0 saturated carbocycles. The maximum absolute atomic E-state index is 13.7. The number of halogens is 4. The molecule has 180 valence electrons. The monoisotopic (exact) mass is 476 g/mol. The van der Waals surface area contributed by atoms with E-state index in [0.717, 1.165) is 57.0 Å². The number of aromatic nitrogens is 3. The summed E-state index contributed by atoms with van der Waals surface area (Å²) in [4.78, 5) is 17.0. The molecule has 0 unspecified atom stereocenters. The van der Waals surface area contributed by atoms with Crippen molar-refractivity contribution in [2.45, 2.75) is 12.6 Å². The molecule has 1 N–H and O–H groups in total. The zero-order valence-corrected chi connectivity index (χ0v) is 18.3. The van der Waals surface area contributed by atoms with Gasteiger partial charge in [-0.1, -0.05) is 23.4 Å². The number of carbonyl (C=O) groups is 1. The molecule has 1 aromatic heterocycles. The van der Waals surface area contributed by atoms with Gasteiger partial charge in [-0.3, -0.25) is 9.69 Å². The molecule has 0 bridgehead atoms. The first-order valence-electron chi connectivity index (χ1n) is 10.9. The van der Waals surface area contributed by atoms with Gasteiger partial charge in [-0.25, -0.2) is 9.07 Å². The van der Waals surface area contributed by atoms with E-state index in [0.29, 0.717) is 11.1 Å². The number of benzene rings is 2. The average molecular weight is 476 g/mol. The van der Waals surface area contributed by atoms with Crippen LogP contribution in [0.2, 0.25) is 0 Å². The summed E-state index contributed by atoms with van der Waals surface area (Å²) in [6.07, 6.45) is -4.28. The quantitative estimate of drug-likeness (QED) is 0.419. The number of para-hydroxylation sites is 1. The molecule has 1 amide bonds. The van der Waals surface area contributed by atoms with Crippen LogP contribution in [0, 0.1) is 5.82 Å². The van der Waals surface area contributed by atoms with E-state index >= 15 is 0 Å². The second-order valence-electron chi connectivity index (χ2n) is 7.95. The summed E-state index contributed by atoms with van der Waals surface area (Å²) in [5, 5.41) is 9.45. The van der Waals surface area contributed by atoms with E-state index in [9.17, 15) is 22.4 Å². The van der Waals surface area contributed by atoms with Crippen LogP contribution in [0.25, 0.3) is 5.69 Å². The number of piperazine rings is 1. The normalized spacial score (nSPS) is 14.9. The average Bonchev–Trinajstić information content (AvgIpc) is 3.29. The SMILES string of the molecule is O=C(NCCCN1CCN(c2ccccc2)CC1)c1nnn(-c2ccc(F)cc2)c1C(F)(F)F. The Hall–Kier alpha value is -3.47. The van der Waals surface area contributed by atoms with Crippen molar-refractivity contribution in [1.82, 2.24) is 25.2 Å². The number of carbonyl (C=O) groups excluding carboxylic acids is 1. The largest absolute Gasteiger partial charge is 0.435 e. The molecule has 1 aliphatic heterocycles. The van der Waals surface area contributed by atoms with Gasteiger partial charge in [0, 0.05) is 38.4 Å². The van der Waals surface area contributed by atoms with Crippen molar-refractivity contribution in [3.8, 4) is 5.69 Å². The molecular weight excluding hydrogens is 452 g/mol. The van der Waals surface area contributed by atoms with Gasteiger partial charge in [0.25, 0.3) is 5.91 Å². The first-order valence-corrected chi connectivity index (χ1v) is 10.9. The Labute approximate surface area is 194 Å². The highest BCUT2D eigenvalue weighted by Gasteiger charge is 2.42. The molecule has 11 heteroatoms. The van der Waals surface area contributed by atoms with E-state index in [1.807, 2.05) is 18.2 Å². The minimum absolute atomic E-state index is 0.0464. The minimum atomic E-state index is -4.87. The third kappa shape index (κ3) is 5.53. The summed E-state index contributed by atoms with van der Waals surface area (Å²) >= 11 is 0. The highest BCUT2D eigenvalue weighted by atomic mass is 19.4. The van der Waals surface area contributed by atoms with E-state index < -0.39 is 29.3 Å². The van der Waals surface area contributed by atoms with Crippen LogP contribution >= 0.6 is 0 Å². The van der Waals surface area contributed by atoms with Gasteiger partial charge in [-0.05, 0) is 49.4 Å². The Morgan fingerprint density at radius 2 is 1.62 bits per heavy atom. The molecule has 0 atom stereocenters. The maximum atomic E-state index is 13.7. The Bertz CT molecular complexity index is 1090. The lowest BCUT2D eigenvalue weighted by Crippen LogP contribution is -2.47. The molecule has 3 aromatic rings. The lowest BCUT2D eigenvalue weighted by molar-refractivity contribution is -0.143. The van der Waals surface area contributed by atoms with Gasteiger partial charge < -0.3 is 10.2 Å². The fourth-order valence-corrected chi connectivity index (χ4v) is 3.91. The minimum Gasteiger partial charge on any atom is -0.369 e. The van der Waals surface area contributed by atoms with Crippen molar-refractivity contribution in [2.75, 3.05) is 44.2 Å². The lowest BCUT2D eigenvalue weighted by Gasteiger charge is -2.36. The van der Waals surface area contributed by atoms with Gasteiger partial charge in [0.15, 0.2) is 11.4 Å². The summed E-state index contributed by atoms with van der Waals surface area (Å²) < 4.78 is 54.7. The first kappa shape index (κ1) is 23.7.